The van der Waals surface area contributed by atoms with Gasteiger partial charge in [-0.2, -0.15) is 0 Å². The fourth-order valence-electron chi connectivity index (χ4n) is 3.45. The SMILES string of the molecule is Cc1cccc(CS(=O)(=O)NCC(Cc2ccccc2)N2CCOCC2)c1. The van der Waals surface area contributed by atoms with E-state index in [4.69, 9.17) is 4.74 Å². The number of hydrogen-bond donors (Lipinski definition) is 1. The van der Waals surface area contributed by atoms with Crippen molar-refractivity contribution >= 4 is 10.0 Å². The normalized spacial score (nSPS) is 16.9. The van der Waals surface area contributed by atoms with E-state index in [9.17, 15) is 8.42 Å². The molecule has 0 amide bonds. The number of sulfonamides is 1. The molecule has 3 rings (SSSR count). The summed E-state index contributed by atoms with van der Waals surface area (Å²) in [6.07, 6.45) is 0.813. The highest BCUT2D eigenvalue weighted by molar-refractivity contribution is 7.88. The molecule has 6 heteroatoms. The number of hydrogen-bond acceptors (Lipinski definition) is 4. The van der Waals surface area contributed by atoms with E-state index in [-0.39, 0.29) is 11.8 Å². The van der Waals surface area contributed by atoms with E-state index in [0.717, 1.165) is 30.6 Å². The number of aryl methyl sites for hydroxylation is 1. The number of benzene rings is 2. The predicted octanol–water partition coefficient (Wildman–Crippen LogP) is 2.36. The average molecular weight is 389 g/mol. The summed E-state index contributed by atoms with van der Waals surface area (Å²) in [5, 5.41) is 0. The Morgan fingerprint density at radius 3 is 2.44 bits per heavy atom. The van der Waals surface area contributed by atoms with E-state index in [0.29, 0.717) is 19.8 Å². The largest absolute Gasteiger partial charge is 0.379 e. The van der Waals surface area contributed by atoms with Crippen molar-refractivity contribution in [1.82, 2.24) is 9.62 Å². The minimum absolute atomic E-state index is 0.00977. The highest BCUT2D eigenvalue weighted by atomic mass is 32.2. The van der Waals surface area contributed by atoms with Gasteiger partial charge in [0.15, 0.2) is 0 Å². The van der Waals surface area contributed by atoms with Crippen molar-refractivity contribution in [3.8, 4) is 0 Å². The molecule has 2 aromatic carbocycles. The molecule has 1 atom stereocenters. The third kappa shape index (κ3) is 6.43. The summed E-state index contributed by atoms with van der Waals surface area (Å²) in [6.45, 7) is 5.43. The third-order valence-corrected chi connectivity index (χ3v) is 6.17. The summed E-state index contributed by atoms with van der Waals surface area (Å²) in [7, 11) is -3.39. The molecule has 0 saturated carbocycles. The highest BCUT2D eigenvalue weighted by Crippen LogP contribution is 2.12. The molecule has 2 aromatic rings. The summed E-state index contributed by atoms with van der Waals surface area (Å²) in [6, 6.07) is 18.0. The molecular formula is C21H28N2O3S. The Hall–Kier alpha value is -1.73. The number of rotatable bonds is 8. The van der Waals surface area contributed by atoms with Crippen LogP contribution < -0.4 is 4.72 Å². The molecule has 146 valence electrons. The fourth-order valence-corrected chi connectivity index (χ4v) is 4.62. The lowest BCUT2D eigenvalue weighted by Gasteiger charge is -2.34. The molecule has 1 saturated heterocycles. The molecule has 1 fully saturated rings. The van der Waals surface area contributed by atoms with Crippen LogP contribution in [0.1, 0.15) is 16.7 Å². The quantitative estimate of drug-likeness (QED) is 0.754. The van der Waals surface area contributed by atoms with Crippen LogP contribution in [0.5, 0.6) is 0 Å². The van der Waals surface area contributed by atoms with Crippen molar-refractivity contribution in [2.75, 3.05) is 32.8 Å². The molecule has 0 aromatic heterocycles. The van der Waals surface area contributed by atoms with Crippen molar-refractivity contribution in [2.24, 2.45) is 0 Å². The maximum absolute atomic E-state index is 12.6. The van der Waals surface area contributed by atoms with Crippen LogP contribution in [-0.2, 0) is 26.9 Å². The first kappa shape index (κ1) is 20.0. The molecule has 1 N–H and O–H groups in total. The molecule has 5 nitrogen and oxygen atoms in total. The molecule has 1 aliphatic heterocycles. The fraction of sp³-hybridized carbons (Fsp3) is 0.429. The lowest BCUT2D eigenvalue weighted by atomic mass is 10.0. The van der Waals surface area contributed by atoms with Gasteiger partial charge in [-0.25, -0.2) is 13.1 Å². The maximum atomic E-state index is 12.6. The summed E-state index contributed by atoms with van der Waals surface area (Å²) >= 11 is 0. The van der Waals surface area contributed by atoms with Crippen LogP contribution >= 0.6 is 0 Å². The second-order valence-corrected chi connectivity index (χ2v) is 8.90. The predicted molar refractivity (Wildman–Crippen MR) is 108 cm³/mol. The van der Waals surface area contributed by atoms with Crippen LogP contribution in [0.4, 0.5) is 0 Å². The second-order valence-electron chi connectivity index (χ2n) is 7.09. The zero-order chi connectivity index (χ0) is 19.1. The van der Waals surface area contributed by atoms with Gasteiger partial charge < -0.3 is 4.74 Å². The molecule has 0 aliphatic carbocycles. The van der Waals surface area contributed by atoms with E-state index < -0.39 is 10.0 Å². The summed E-state index contributed by atoms with van der Waals surface area (Å²) < 4.78 is 33.5. The monoisotopic (exact) mass is 388 g/mol. The molecule has 1 unspecified atom stereocenters. The van der Waals surface area contributed by atoms with Crippen LogP contribution in [0.25, 0.3) is 0 Å². The van der Waals surface area contributed by atoms with E-state index in [1.165, 1.54) is 5.56 Å². The van der Waals surface area contributed by atoms with Crippen molar-refractivity contribution in [2.45, 2.75) is 25.1 Å². The van der Waals surface area contributed by atoms with Crippen LogP contribution in [-0.4, -0.2) is 52.2 Å². The molecular weight excluding hydrogens is 360 g/mol. The number of ether oxygens (including phenoxy) is 1. The Morgan fingerprint density at radius 2 is 1.74 bits per heavy atom. The number of nitrogens with zero attached hydrogens (tertiary/aromatic N) is 1. The highest BCUT2D eigenvalue weighted by Gasteiger charge is 2.23. The first-order valence-electron chi connectivity index (χ1n) is 9.40. The number of nitrogens with one attached hydrogen (secondary N) is 1. The summed E-state index contributed by atoms with van der Waals surface area (Å²) in [5.74, 6) is 0.00977. The lowest BCUT2D eigenvalue weighted by Crippen LogP contribution is -2.49. The Balaban J connectivity index is 1.65. The zero-order valence-electron chi connectivity index (χ0n) is 15.8. The smallest absolute Gasteiger partial charge is 0.215 e. The van der Waals surface area contributed by atoms with E-state index in [1.807, 2.05) is 49.4 Å². The molecule has 27 heavy (non-hydrogen) atoms. The van der Waals surface area contributed by atoms with Gasteiger partial charge >= 0.3 is 0 Å². The standard InChI is InChI=1S/C21H28N2O3S/c1-18-6-5-9-20(14-18)17-27(24,25)22-16-21(23-10-12-26-13-11-23)15-19-7-3-2-4-8-19/h2-9,14,21-22H,10-13,15-17H2,1H3. The van der Waals surface area contributed by atoms with Crippen molar-refractivity contribution < 1.29 is 13.2 Å². The molecule has 1 aliphatic rings. The first-order chi connectivity index (χ1) is 13.0. The number of morpholine rings is 1. The lowest BCUT2D eigenvalue weighted by molar-refractivity contribution is 0.0177. The van der Waals surface area contributed by atoms with Crippen molar-refractivity contribution in [1.29, 1.82) is 0 Å². The van der Waals surface area contributed by atoms with Gasteiger partial charge in [0.05, 0.1) is 19.0 Å². The molecule has 0 spiro atoms. The van der Waals surface area contributed by atoms with Gasteiger partial charge in [-0.05, 0) is 24.5 Å². The molecule has 0 radical (unpaired) electrons. The third-order valence-electron chi connectivity index (χ3n) is 4.85. The van der Waals surface area contributed by atoms with Gasteiger partial charge in [0.25, 0.3) is 0 Å². The maximum Gasteiger partial charge on any atom is 0.215 e. The minimum atomic E-state index is -3.39. The minimum Gasteiger partial charge on any atom is -0.379 e. The van der Waals surface area contributed by atoms with Crippen LogP contribution in [0, 0.1) is 6.92 Å². The Morgan fingerprint density at radius 1 is 1.04 bits per heavy atom. The summed E-state index contributed by atoms with van der Waals surface area (Å²) in [5.41, 5.74) is 3.10. The first-order valence-corrected chi connectivity index (χ1v) is 11.1. The second kappa shape index (κ2) is 9.46. The van der Waals surface area contributed by atoms with Crippen LogP contribution in [0.15, 0.2) is 54.6 Å². The van der Waals surface area contributed by atoms with E-state index in [1.54, 1.807) is 0 Å². The Labute approximate surface area is 162 Å². The molecule has 0 bridgehead atoms. The van der Waals surface area contributed by atoms with Gasteiger partial charge in [-0.3, -0.25) is 4.90 Å². The van der Waals surface area contributed by atoms with Crippen LogP contribution in [0.2, 0.25) is 0 Å². The van der Waals surface area contributed by atoms with E-state index >= 15 is 0 Å². The summed E-state index contributed by atoms with van der Waals surface area (Å²) in [4.78, 5) is 2.33. The van der Waals surface area contributed by atoms with Gasteiger partial charge in [0.1, 0.15) is 0 Å². The Kier molecular flexibility index (Phi) is 7.01. The topological polar surface area (TPSA) is 58.6 Å². The van der Waals surface area contributed by atoms with Gasteiger partial charge in [-0.1, -0.05) is 60.2 Å². The average Bonchev–Trinajstić information content (AvgIpc) is 2.66. The van der Waals surface area contributed by atoms with Crippen LogP contribution in [0.3, 0.4) is 0 Å². The Bertz CT molecular complexity index is 818. The van der Waals surface area contributed by atoms with Crippen molar-refractivity contribution in [3.63, 3.8) is 0 Å². The zero-order valence-corrected chi connectivity index (χ0v) is 16.6. The van der Waals surface area contributed by atoms with Gasteiger partial charge in [-0.15, -0.1) is 0 Å². The van der Waals surface area contributed by atoms with Gasteiger partial charge in [0.2, 0.25) is 10.0 Å². The van der Waals surface area contributed by atoms with Crippen molar-refractivity contribution in [3.05, 3.63) is 71.3 Å². The van der Waals surface area contributed by atoms with Gasteiger partial charge in [0, 0.05) is 25.7 Å². The molecule has 1 heterocycles. The van der Waals surface area contributed by atoms with E-state index in [2.05, 4.69) is 21.8 Å².